The van der Waals surface area contributed by atoms with E-state index in [1.165, 1.54) is 0 Å². The summed E-state index contributed by atoms with van der Waals surface area (Å²) in [5.74, 6) is 0. The summed E-state index contributed by atoms with van der Waals surface area (Å²) in [7, 11) is -0.380. The Bertz CT molecular complexity index is 182. The van der Waals surface area contributed by atoms with Gasteiger partial charge in [-0.3, -0.25) is 0 Å². The molecule has 2 nitrogen and oxygen atoms in total. The molecule has 0 spiro atoms. The van der Waals surface area contributed by atoms with Crippen molar-refractivity contribution < 1.29 is 40.3 Å². The van der Waals surface area contributed by atoms with Gasteiger partial charge in [0.2, 0.25) is 0 Å². The molecule has 9 heavy (non-hydrogen) atoms. The molecule has 0 aromatic rings. The average molecular weight is 295 g/mol. The molecule has 0 unspecified atom stereocenters. The Morgan fingerprint density at radius 2 is 1.67 bits per heavy atom. The zero-order chi connectivity index (χ0) is 7.71. The van der Waals surface area contributed by atoms with E-state index in [4.69, 9.17) is 0 Å². The fourth-order valence-corrected chi connectivity index (χ4v) is 2.00. The predicted molar refractivity (Wildman–Crippen MR) is 20.8 cm³/mol. The van der Waals surface area contributed by atoms with Gasteiger partial charge in [0.1, 0.15) is 0 Å². The van der Waals surface area contributed by atoms with Crippen LogP contribution in [0, 0.1) is 0 Å². The third-order valence-corrected chi connectivity index (χ3v) is 6.96. The summed E-state index contributed by atoms with van der Waals surface area (Å²) in [6.45, 7) is 0. The van der Waals surface area contributed by atoms with Crippen LogP contribution in [0.3, 0.4) is 0 Å². The number of rotatable bonds is 1. The summed E-state index contributed by atoms with van der Waals surface area (Å²) < 4.78 is 53.2. The molecule has 0 fully saturated rings. The van der Waals surface area contributed by atoms with Gasteiger partial charge in [-0.15, -0.1) is 0 Å². The molecule has 0 saturated heterocycles. The monoisotopic (exact) mass is 295 g/mol. The molecule has 0 aromatic carbocycles. The van der Waals surface area contributed by atoms with E-state index in [1.807, 2.05) is 0 Å². The number of halogens is 5. The van der Waals surface area contributed by atoms with Gasteiger partial charge in [0.15, 0.2) is 0 Å². The van der Waals surface area contributed by atoms with E-state index in [-0.39, 0.29) is 0 Å². The first kappa shape index (κ1) is 9.76. The molecule has 0 aliphatic carbocycles. The van der Waals surface area contributed by atoms with E-state index in [0.717, 1.165) is 0 Å². The van der Waals surface area contributed by atoms with Crippen molar-refractivity contribution in [3.63, 3.8) is 0 Å². The van der Waals surface area contributed by atoms with E-state index in [0.29, 0.717) is 0 Å². The molecule has 0 bridgehead atoms. The minimum absolute atomic E-state index is 2.31. The Labute approximate surface area is 61.7 Å². The molecule has 0 rings (SSSR count). The third kappa shape index (κ3) is 2.46. The van der Waals surface area contributed by atoms with Gasteiger partial charge in [0.25, 0.3) is 0 Å². The standard InChI is InChI=1S/CClF3IO2S/c2-6-9(7,8)1(3,4)5/q-1. The van der Waals surface area contributed by atoms with Gasteiger partial charge in [-0.05, 0) is 0 Å². The number of hydrogen-bond donors (Lipinski definition) is 0. The van der Waals surface area contributed by atoms with Crippen LogP contribution in [0.5, 0.6) is 0 Å². The van der Waals surface area contributed by atoms with Crippen molar-refractivity contribution in [2.75, 3.05) is 0 Å². The Morgan fingerprint density at radius 1 is 1.33 bits per heavy atom. The maximum absolute atomic E-state index is 11.2. The van der Waals surface area contributed by atoms with Crippen LogP contribution in [0.25, 0.3) is 0 Å². The molecule has 58 valence electrons. The van der Waals surface area contributed by atoms with Gasteiger partial charge in [-0.2, -0.15) is 0 Å². The molecule has 0 amide bonds. The van der Waals surface area contributed by atoms with Crippen LogP contribution in [0.2, 0.25) is 0 Å². The summed E-state index contributed by atoms with van der Waals surface area (Å²) >= 11 is -2.31. The Hall–Kier alpha value is 0.760. The van der Waals surface area contributed by atoms with Crippen LogP contribution in [-0.4, -0.2) is 13.9 Å². The number of alkyl halides is 3. The third-order valence-electron chi connectivity index (χ3n) is 0.353. The zero-order valence-electron chi connectivity index (χ0n) is 3.61. The van der Waals surface area contributed by atoms with Crippen molar-refractivity contribution in [1.29, 1.82) is 0 Å². The molecule has 8 heteroatoms. The second kappa shape index (κ2) is 2.79. The number of hydrogen-bond acceptors (Lipinski definition) is 2. The Balaban J connectivity index is 4.57. The molecule has 0 heterocycles. The van der Waals surface area contributed by atoms with Gasteiger partial charge in [-0.25, -0.2) is 0 Å². The maximum atomic E-state index is 11.2. The second-order valence-corrected chi connectivity index (χ2v) is 9.22. The van der Waals surface area contributed by atoms with Crippen LogP contribution in [-0.2, 0) is 7.01 Å². The summed E-state index contributed by atoms with van der Waals surface area (Å²) in [6, 6.07) is 0. The van der Waals surface area contributed by atoms with E-state index in [9.17, 15) is 21.6 Å². The van der Waals surface area contributed by atoms with Crippen LogP contribution < -0.4 is 18.7 Å². The first-order valence-electron chi connectivity index (χ1n) is 1.40. The van der Waals surface area contributed by atoms with E-state index < -0.39 is 31.2 Å². The van der Waals surface area contributed by atoms with Crippen molar-refractivity contribution >= 4 is 15.9 Å². The average Bonchev–Trinajstić information content (AvgIpc) is 1.64. The van der Waals surface area contributed by atoms with Crippen LogP contribution >= 0.6 is 8.91 Å². The molecule has 0 saturated carbocycles. The van der Waals surface area contributed by atoms with Crippen molar-refractivity contribution in [2.45, 2.75) is 5.51 Å². The first-order chi connectivity index (χ1) is 3.81. The molecular formula is CClF3IO2S-. The van der Waals surface area contributed by atoms with Crippen LogP contribution in [0.15, 0.2) is 0 Å². The quantitative estimate of drug-likeness (QED) is 0.417. The van der Waals surface area contributed by atoms with Gasteiger partial charge >= 0.3 is 61.7 Å². The van der Waals surface area contributed by atoms with Crippen LogP contribution in [0.1, 0.15) is 0 Å². The zero-order valence-corrected chi connectivity index (χ0v) is 7.34. The Morgan fingerprint density at radius 3 is 1.67 bits per heavy atom. The van der Waals surface area contributed by atoms with Gasteiger partial charge in [0.05, 0.1) is 0 Å². The second-order valence-electron chi connectivity index (χ2n) is 0.942. The van der Waals surface area contributed by atoms with Gasteiger partial charge in [-0.1, -0.05) is 0 Å². The molecule has 0 aliphatic rings. The van der Waals surface area contributed by atoms with Gasteiger partial charge in [0, 0.05) is 0 Å². The Kier molecular flexibility index (Phi) is 3.02. The van der Waals surface area contributed by atoms with Gasteiger partial charge < -0.3 is 0 Å². The molecule has 0 atom stereocenters. The normalized spacial score (nSPS) is 14.2. The van der Waals surface area contributed by atoms with Crippen molar-refractivity contribution in [2.24, 2.45) is 0 Å². The topological polar surface area (TPSA) is 34.1 Å². The van der Waals surface area contributed by atoms with E-state index in [1.54, 1.807) is 0 Å². The molecular weight excluding hydrogens is 295 g/mol. The van der Waals surface area contributed by atoms with Crippen LogP contribution in [0.4, 0.5) is 13.2 Å². The SMILES string of the molecule is O=S(=O)([I-]Cl)C(F)(F)F. The summed E-state index contributed by atoms with van der Waals surface area (Å²) in [5, 5.41) is 0. The minimum atomic E-state index is -5.16. The predicted octanol–water partition coefficient (Wildman–Crippen LogP) is -1.92. The molecule has 0 aromatic heterocycles. The fourth-order valence-electron chi connectivity index (χ4n) is 0.0331. The van der Waals surface area contributed by atoms with E-state index in [2.05, 4.69) is 8.91 Å². The molecule has 0 aliphatic heterocycles. The van der Waals surface area contributed by atoms with Crippen molar-refractivity contribution in [1.82, 2.24) is 0 Å². The summed E-state index contributed by atoms with van der Waals surface area (Å²) in [6.07, 6.45) is 0. The first-order valence-corrected chi connectivity index (χ1v) is 8.16. The van der Waals surface area contributed by atoms with Crippen molar-refractivity contribution in [3.05, 3.63) is 0 Å². The summed E-state index contributed by atoms with van der Waals surface area (Å²) in [4.78, 5) is 0. The fraction of sp³-hybridized carbons (Fsp3) is 1.00. The molecule has 0 N–H and O–H groups in total. The summed E-state index contributed by atoms with van der Waals surface area (Å²) in [5.41, 5.74) is -5.16. The molecule has 0 radical (unpaired) electrons. The van der Waals surface area contributed by atoms with Crippen molar-refractivity contribution in [3.8, 4) is 0 Å². The van der Waals surface area contributed by atoms with E-state index >= 15 is 0 Å².